The van der Waals surface area contributed by atoms with E-state index in [1.165, 1.54) is 11.1 Å². The quantitative estimate of drug-likeness (QED) is 0.171. The molecule has 0 saturated carbocycles. The topological polar surface area (TPSA) is 144 Å². The first-order valence-electron chi connectivity index (χ1n) is 14.0. The summed E-state index contributed by atoms with van der Waals surface area (Å²) < 4.78 is 33.2. The summed E-state index contributed by atoms with van der Waals surface area (Å²) in [6, 6.07) is 5.01. The molecule has 6 rings (SSSR count). The largest absolute Gasteiger partial charge is 0.485 e. The lowest BCUT2D eigenvalue weighted by atomic mass is 10.0. The van der Waals surface area contributed by atoms with Crippen molar-refractivity contribution in [3.63, 3.8) is 0 Å². The van der Waals surface area contributed by atoms with Crippen LogP contribution in [0.4, 0.5) is 14.5 Å². The highest BCUT2D eigenvalue weighted by Gasteiger charge is 2.42. The van der Waals surface area contributed by atoms with Gasteiger partial charge in [-0.2, -0.15) is 0 Å². The maximum absolute atomic E-state index is 14.1. The molecule has 11 nitrogen and oxygen atoms in total. The van der Waals surface area contributed by atoms with Crippen molar-refractivity contribution in [1.82, 2.24) is 24.8 Å². The molecule has 2 aromatic carbocycles. The number of fused-ring (bicyclic) bond motifs is 2. The minimum atomic E-state index is -1.23. The van der Waals surface area contributed by atoms with Gasteiger partial charge in [0.05, 0.1) is 32.9 Å². The molecule has 0 radical (unpaired) electrons. The predicted molar refractivity (Wildman–Crippen MR) is 159 cm³/mol. The number of aryl methyl sites for hydroxylation is 1. The lowest BCUT2D eigenvalue weighted by Gasteiger charge is -2.33. The summed E-state index contributed by atoms with van der Waals surface area (Å²) in [6.45, 7) is 2.71. The van der Waals surface area contributed by atoms with Gasteiger partial charge in [-0.25, -0.2) is 13.8 Å². The van der Waals surface area contributed by atoms with Gasteiger partial charge in [-0.05, 0) is 69.7 Å². The molecule has 1 unspecified atom stereocenters. The normalized spacial score (nSPS) is 16.5. The Bertz CT molecular complexity index is 1850. The van der Waals surface area contributed by atoms with Gasteiger partial charge in [0.15, 0.2) is 17.4 Å². The van der Waals surface area contributed by atoms with Gasteiger partial charge >= 0.3 is 0 Å². The molecule has 4 heterocycles. The second-order valence-corrected chi connectivity index (χ2v) is 11.4. The van der Waals surface area contributed by atoms with Crippen molar-refractivity contribution in [3.8, 4) is 17.1 Å². The molecule has 0 spiro atoms. The Kier molecular flexibility index (Phi) is 7.86. The number of hydrogen-bond donors (Lipinski definition) is 4. The number of imidazole rings is 1. The second kappa shape index (κ2) is 11.6. The van der Waals surface area contributed by atoms with Crippen LogP contribution < -0.4 is 15.6 Å². The molecule has 2 aliphatic rings. The number of ether oxygens (including phenoxy) is 1. The first-order chi connectivity index (χ1) is 21.0. The van der Waals surface area contributed by atoms with Gasteiger partial charge in [-0.3, -0.25) is 19.3 Å². The highest BCUT2D eigenvalue weighted by molar-refractivity contribution is 6.30. The fourth-order valence-corrected chi connectivity index (χ4v) is 5.92. The third kappa shape index (κ3) is 5.20. The summed E-state index contributed by atoms with van der Waals surface area (Å²) >= 11 is 5.68. The fourth-order valence-electron chi connectivity index (χ4n) is 5.77. The number of hydrogen-bond acceptors (Lipinski definition) is 8. The van der Waals surface area contributed by atoms with Crippen LogP contribution in [0.15, 0.2) is 35.3 Å². The molecule has 14 heteroatoms. The molecular formula is C30H29ClF2N6O5. The number of carbonyl (C=O) groups excluding carboxylic acids is 2. The maximum Gasteiger partial charge on any atom is 0.262 e. The maximum atomic E-state index is 14.1. The van der Waals surface area contributed by atoms with Crippen molar-refractivity contribution in [1.29, 1.82) is 0 Å². The SMILES string of the molecule is Cc1c2c(cc3[nH]c(-c4c(NCC(O)COc5c(F)ccc(Cl)c5F)cc[nH]c4=O)nc13)C(=O)N(C1CCN(C)CC1)C2=O. The van der Waals surface area contributed by atoms with Crippen LogP contribution in [0.25, 0.3) is 22.4 Å². The zero-order valence-electron chi connectivity index (χ0n) is 23.8. The second-order valence-electron chi connectivity index (χ2n) is 11.0. The number of halogens is 3. The average Bonchev–Trinajstić information content (AvgIpc) is 3.53. The molecule has 1 atom stereocenters. The number of aliphatic hydroxyl groups is 1. The Morgan fingerprint density at radius 1 is 1.16 bits per heavy atom. The first kappa shape index (κ1) is 29.7. The number of benzene rings is 2. The number of aromatic amines is 2. The summed E-state index contributed by atoms with van der Waals surface area (Å²) in [5.74, 6) is -3.24. The van der Waals surface area contributed by atoms with E-state index in [1.54, 1.807) is 19.1 Å². The Morgan fingerprint density at radius 2 is 1.91 bits per heavy atom. The minimum Gasteiger partial charge on any atom is -0.485 e. The molecular weight excluding hydrogens is 598 g/mol. The van der Waals surface area contributed by atoms with Crippen LogP contribution in [0.2, 0.25) is 5.02 Å². The van der Waals surface area contributed by atoms with Crippen LogP contribution in [0, 0.1) is 18.6 Å². The van der Waals surface area contributed by atoms with Crippen LogP contribution >= 0.6 is 11.6 Å². The van der Waals surface area contributed by atoms with Crippen molar-refractivity contribution in [2.24, 2.45) is 0 Å². The highest BCUT2D eigenvalue weighted by Crippen LogP contribution is 2.35. The molecule has 2 aliphatic heterocycles. The number of nitrogens with zero attached hydrogens (tertiary/aromatic N) is 3. The zero-order valence-corrected chi connectivity index (χ0v) is 24.6. The Balaban J connectivity index is 1.24. The third-order valence-corrected chi connectivity index (χ3v) is 8.39. The van der Waals surface area contributed by atoms with Crippen LogP contribution in [-0.2, 0) is 0 Å². The number of piperidine rings is 1. The molecule has 2 amide bonds. The molecule has 1 saturated heterocycles. The van der Waals surface area contributed by atoms with E-state index in [0.29, 0.717) is 46.3 Å². The van der Waals surface area contributed by atoms with Gasteiger partial charge in [-0.1, -0.05) is 11.6 Å². The lowest BCUT2D eigenvalue weighted by Crippen LogP contribution is -2.46. The van der Waals surface area contributed by atoms with Crippen LogP contribution in [0.5, 0.6) is 5.75 Å². The number of rotatable bonds is 8. The van der Waals surface area contributed by atoms with E-state index in [9.17, 15) is 28.3 Å². The molecule has 0 aliphatic carbocycles. The molecule has 0 bridgehead atoms. The zero-order chi connectivity index (χ0) is 31.3. The minimum absolute atomic E-state index is 0.119. The van der Waals surface area contributed by atoms with E-state index in [0.717, 1.165) is 25.2 Å². The summed E-state index contributed by atoms with van der Waals surface area (Å²) in [6.07, 6.45) is 1.60. The van der Waals surface area contributed by atoms with E-state index in [-0.39, 0.29) is 40.8 Å². The summed E-state index contributed by atoms with van der Waals surface area (Å²) in [5, 5.41) is 13.1. The van der Waals surface area contributed by atoms with Gasteiger partial charge < -0.3 is 30.0 Å². The number of nitrogens with one attached hydrogen (secondary N) is 3. The predicted octanol–water partition coefficient (Wildman–Crippen LogP) is 3.70. The molecule has 230 valence electrons. The van der Waals surface area contributed by atoms with Crippen molar-refractivity contribution in [2.75, 3.05) is 38.6 Å². The number of H-pyrrole nitrogens is 2. The van der Waals surface area contributed by atoms with Crippen LogP contribution in [-0.4, -0.2) is 87.1 Å². The van der Waals surface area contributed by atoms with E-state index < -0.39 is 35.7 Å². The average molecular weight is 627 g/mol. The highest BCUT2D eigenvalue weighted by atomic mass is 35.5. The van der Waals surface area contributed by atoms with E-state index >= 15 is 0 Å². The Hall–Kier alpha value is -4.33. The summed E-state index contributed by atoms with van der Waals surface area (Å²) in [7, 11) is 2.01. The van der Waals surface area contributed by atoms with Gasteiger partial charge in [0.1, 0.15) is 24.1 Å². The standard InChI is InChI=1S/C30H29ClF2N6O5/c1-14-22-17(29(42)39(30(22)43)15-6-9-38(2)10-7-15)11-21-25(14)37-27(36-21)23-20(5-8-34-28(23)41)35-12-16(40)13-44-26-19(32)4-3-18(31)24(26)33/h3-5,8,11,15-16,40H,6-7,9-10,12-13H2,1-2H3,(H,36,37)(H2,34,35,41). The molecule has 4 aromatic rings. The van der Waals surface area contributed by atoms with Crippen molar-refractivity contribution in [3.05, 3.63) is 74.2 Å². The number of carbonyl (C=O) groups is 2. The van der Waals surface area contributed by atoms with Crippen LogP contribution in [0.3, 0.4) is 0 Å². The Labute approximate surface area is 254 Å². The van der Waals surface area contributed by atoms with Gasteiger partial charge in [0.2, 0.25) is 0 Å². The van der Waals surface area contributed by atoms with Gasteiger partial charge in [0.25, 0.3) is 17.4 Å². The number of imide groups is 1. The van der Waals surface area contributed by atoms with Crippen molar-refractivity contribution >= 4 is 40.1 Å². The number of aromatic nitrogens is 3. The van der Waals surface area contributed by atoms with E-state index in [1.807, 2.05) is 7.05 Å². The third-order valence-electron chi connectivity index (χ3n) is 8.10. The number of amides is 2. The fraction of sp³-hybridized carbons (Fsp3) is 0.333. The van der Waals surface area contributed by atoms with Gasteiger partial charge in [0, 0.05) is 18.8 Å². The van der Waals surface area contributed by atoms with Crippen molar-refractivity contribution in [2.45, 2.75) is 31.9 Å². The first-order valence-corrected chi connectivity index (χ1v) is 14.4. The number of anilines is 1. The number of aliphatic hydroxyl groups excluding tert-OH is 1. The summed E-state index contributed by atoms with van der Waals surface area (Å²) in [5.41, 5.74) is 2.00. The number of likely N-dealkylation sites (tertiary alicyclic amines) is 1. The molecule has 4 N–H and O–H groups in total. The molecule has 1 fully saturated rings. The monoisotopic (exact) mass is 626 g/mol. The smallest absolute Gasteiger partial charge is 0.262 e. The van der Waals surface area contributed by atoms with Crippen molar-refractivity contribution < 1.29 is 28.2 Å². The molecule has 44 heavy (non-hydrogen) atoms. The van der Waals surface area contributed by atoms with E-state index in [2.05, 4.69) is 25.2 Å². The van der Waals surface area contributed by atoms with E-state index in [4.69, 9.17) is 16.3 Å². The summed E-state index contributed by atoms with van der Waals surface area (Å²) in [4.78, 5) is 53.7. The molecule has 2 aromatic heterocycles. The van der Waals surface area contributed by atoms with Crippen LogP contribution in [0.1, 0.15) is 39.1 Å². The Morgan fingerprint density at radius 3 is 2.66 bits per heavy atom. The van der Waals surface area contributed by atoms with Gasteiger partial charge in [-0.15, -0.1) is 0 Å². The number of pyridine rings is 1. The lowest BCUT2D eigenvalue weighted by molar-refractivity contribution is 0.0516.